The number of aryl methyl sites for hydroxylation is 1. The van der Waals surface area contributed by atoms with Crippen molar-refractivity contribution in [2.75, 3.05) is 11.9 Å². The van der Waals surface area contributed by atoms with Crippen LogP contribution < -0.4 is 11.1 Å². The van der Waals surface area contributed by atoms with Gasteiger partial charge in [0.05, 0.1) is 29.2 Å². The molecule has 0 saturated carbocycles. The Balaban J connectivity index is 1.53. The number of thiazole rings is 1. The number of benzene rings is 1. The van der Waals surface area contributed by atoms with Gasteiger partial charge in [-0.1, -0.05) is 17.7 Å². The molecule has 0 amide bonds. The van der Waals surface area contributed by atoms with Gasteiger partial charge in [-0.2, -0.15) is 5.10 Å². The highest BCUT2D eigenvalue weighted by molar-refractivity contribution is 7.13. The number of alkyl halides is 1. The van der Waals surface area contributed by atoms with E-state index in [-0.39, 0.29) is 17.2 Å². The van der Waals surface area contributed by atoms with Gasteiger partial charge in [-0.05, 0) is 25.0 Å². The van der Waals surface area contributed by atoms with Crippen molar-refractivity contribution >= 4 is 28.6 Å². The van der Waals surface area contributed by atoms with Gasteiger partial charge >= 0.3 is 0 Å². The minimum Gasteiger partial charge on any atom is -0.369 e. The van der Waals surface area contributed by atoms with E-state index < -0.39 is 30.4 Å². The molecule has 1 aromatic carbocycles. The second kappa shape index (κ2) is 9.17. The van der Waals surface area contributed by atoms with Crippen molar-refractivity contribution in [3.63, 3.8) is 0 Å². The van der Waals surface area contributed by atoms with Crippen LogP contribution in [0.5, 0.6) is 0 Å². The minimum absolute atomic E-state index is 0.00608. The molecule has 11 heteroatoms. The zero-order chi connectivity index (χ0) is 22.1. The molecule has 4 N–H and O–H groups in total. The Morgan fingerprint density at radius 2 is 2.23 bits per heavy atom. The first-order chi connectivity index (χ1) is 14.8. The van der Waals surface area contributed by atoms with E-state index >= 15 is 0 Å². The molecule has 0 aliphatic carbocycles. The number of aromatic nitrogens is 3. The van der Waals surface area contributed by atoms with Gasteiger partial charge < -0.3 is 20.9 Å². The number of aliphatic hydroxyl groups is 1. The standard InChI is InChI=1S/C20H22ClF2N5O2S/c1-28-18(16-6-5-13(24)12(22)8-30-16)14(7-25-28)26-19(29)15-9-31-20(27-15)10-3-2-4-11(21)17(10)23/h2-4,7,9,12-13,16,19,26,29H,5-6,8,24H2,1H3/t12-,13-,16+,19?/m1/s1. The number of anilines is 1. The third-order valence-corrected chi connectivity index (χ3v) is 6.44. The molecule has 0 spiro atoms. The summed E-state index contributed by atoms with van der Waals surface area (Å²) in [5.41, 5.74) is 7.62. The Morgan fingerprint density at radius 3 is 3.03 bits per heavy atom. The van der Waals surface area contributed by atoms with Gasteiger partial charge in [-0.15, -0.1) is 11.3 Å². The molecule has 0 radical (unpaired) electrons. The molecule has 1 aliphatic heterocycles. The summed E-state index contributed by atoms with van der Waals surface area (Å²) in [6.45, 7) is -0.0976. The highest BCUT2D eigenvalue weighted by Gasteiger charge is 2.30. The van der Waals surface area contributed by atoms with E-state index in [0.29, 0.717) is 34.9 Å². The maximum absolute atomic E-state index is 14.3. The fourth-order valence-electron chi connectivity index (χ4n) is 3.52. The molecule has 1 aliphatic rings. The summed E-state index contributed by atoms with van der Waals surface area (Å²) >= 11 is 7.05. The molecule has 3 heterocycles. The number of aliphatic hydroxyl groups excluding tert-OH is 1. The average molecular weight is 470 g/mol. The molecule has 1 saturated heterocycles. The fourth-order valence-corrected chi connectivity index (χ4v) is 4.55. The fraction of sp³-hybridized carbons (Fsp3) is 0.400. The van der Waals surface area contributed by atoms with Crippen LogP contribution in [0, 0.1) is 5.82 Å². The van der Waals surface area contributed by atoms with Crippen molar-refractivity contribution in [1.82, 2.24) is 14.8 Å². The zero-order valence-electron chi connectivity index (χ0n) is 16.6. The second-order valence-corrected chi connectivity index (χ2v) is 8.64. The molecular formula is C20H22ClF2N5O2S. The molecule has 4 rings (SSSR count). The Kier molecular flexibility index (Phi) is 6.54. The maximum atomic E-state index is 14.3. The molecule has 4 atom stereocenters. The van der Waals surface area contributed by atoms with Crippen LogP contribution in [0.15, 0.2) is 29.8 Å². The number of halogens is 3. The number of hydrogen-bond acceptors (Lipinski definition) is 7. The minimum atomic E-state index is -1.22. The van der Waals surface area contributed by atoms with Gasteiger partial charge in [0.1, 0.15) is 23.0 Å². The molecule has 1 unspecified atom stereocenters. The predicted octanol–water partition coefficient (Wildman–Crippen LogP) is 3.96. The molecule has 166 valence electrons. The number of hydrogen-bond donors (Lipinski definition) is 3. The van der Waals surface area contributed by atoms with Crippen molar-refractivity contribution in [3.8, 4) is 10.6 Å². The van der Waals surface area contributed by atoms with E-state index in [1.54, 1.807) is 35.4 Å². The maximum Gasteiger partial charge on any atom is 0.169 e. The zero-order valence-corrected chi connectivity index (χ0v) is 18.2. The number of nitrogens with one attached hydrogen (secondary N) is 1. The quantitative estimate of drug-likeness (QED) is 0.489. The van der Waals surface area contributed by atoms with Crippen LogP contribution in [0.3, 0.4) is 0 Å². The molecule has 3 aromatic rings. The molecule has 7 nitrogen and oxygen atoms in total. The predicted molar refractivity (Wildman–Crippen MR) is 115 cm³/mol. The molecular weight excluding hydrogens is 448 g/mol. The lowest BCUT2D eigenvalue weighted by Gasteiger charge is -2.19. The van der Waals surface area contributed by atoms with Crippen LogP contribution in [0.1, 0.15) is 36.6 Å². The summed E-state index contributed by atoms with van der Waals surface area (Å²) in [5.74, 6) is -0.558. The van der Waals surface area contributed by atoms with Crippen LogP contribution in [0.25, 0.3) is 10.6 Å². The smallest absolute Gasteiger partial charge is 0.169 e. The third kappa shape index (κ3) is 4.58. The van der Waals surface area contributed by atoms with Crippen LogP contribution in [0.4, 0.5) is 14.5 Å². The third-order valence-electron chi connectivity index (χ3n) is 5.25. The van der Waals surface area contributed by atoms with Crippen LogP contribution >= 0.6 is 22.9 Å². The summed E-state index contributed by atoms with van der Waals surface area (Å²) in [6, 6.07) is 4.11. The van der Waals surface area contributed by atoms with E-state index in [1.165, 1.54) is 17.4 Å². The lowest BCUT2D eigenvalue weighted by molar-refractivity contribution is 0.0246. The van der Waals surface area contributed by atoms with Crippen molar-refractivity contribution in [1.29, 1.82) is 0 Å². The average Bonchev–Trinajstić information content (AvgIpc) is 3.33. The Hall–Kier alpha value is -2.11. The second-order valence-electron chi connectivity index (χ2n) is 7.37. The summed E-state index contributed by atoms with van der Waals surface area (Å²) < 4.78 is 35.5. The van der Waals surface area contributed by atoms with E-state index in [1.807, 2.05) is 0 Å². The van der Waals surface area contributed by atoms with Crippen molar-refractivity contribution < 1.29 is 18.6 Å². The van der Waals surface area contributed by atoms with Gasteiger partial charge in [-0.25, -0.2) is 13.8 Å². The number of nitrogens with zero attached hydrogens (tertiary/aromatic N) is 3. The number of rotatable bonds is 5. The van der Waals surface area contributed by atoms with Gasteiger partial charge in [-0.3, -0.25) is 4.68 Å². The number of ether oxygens (including phenoxy) is 1. The summed E-state index contributed by atoms with van der Waals surface area (Å²) in [4.78, 5) is 4.35. The van der Waals surface area contributed by atoms with Crippen LogP contribution in [-0.4, -0.2) is 38.7 Å². The molecule has 31 heavy (non-hydrogen) atoms. The normalized spacial score (nSPS) is 22.8. The topological polar surface area (TPSA) is 98.2 Å². The van der Waals surface area contributed by atoms with Crippen LogP contribution in [0.2, 0.25) is 5.02 Å². The SMILES string of the molecule is Cn1ncc(NC(O)c2csc(-c3cccc(Cl)c3F)n2)c1[C@@H]1CC[C@@H](N)[C@H](F)CO1. The first-order valence-electron chi connectivity index (χ1n) is 9.72. The van der Waals surface area contributed by atoms with E-state index in [4.69, 9.17) is 22.1 Å². The summed E-state index contributed by atoms with van der Waals surface area (Å²) in [6.07, 6.45) is -0.248. The molecule has 0 bridgehead atoms. The highest BCUT2D eigenvalue weighted by atomic mass is 35.5. The van der Waals surface area contributed by atoms with Crippen molar-refractivity contribution in [3.05, 3.63) is 52.0 Å². The highest BCUT2D eigenvalue weighted by Crippen LogP contribution is 2.35. The van der Waals surface area contributed by atoms with Crippen molar-refractivity contribution in [2.24, 2.45) is 12.8 Å². The van der Waals surface area contributed by atoms with E-state index in [0.717, 1.165) is 0 Å². The molecule has 2 aromatic heterocycles. The Morgan fingerprint density at radius 1 is 1.42 bits per heavy atom. The summed E-state index contributed by atoms with van der Waals surface area (Å²) in [7, 11) is 1.75. The Bertz CT molecular complexity index is 1050. The monoisotopic (exact) mass is 469 g/mol. The lowest BCUT2D eigenvalue weighted by Crippen LogP contribution is -2.32. The first kappa shape index (κ1) is 22.1. The lowest BCUT2D eigenvalue weighted by atomic mass is 10.0. The van der Waals surface area contributed by atoms with Gasteiger partial charge in [0.15, 0.2) is 12.0 Å². The molecule has 1 fully saturated rings. The van der Waals surface area contributed by atoms with Gasteiger partial charge in [0.2, 0.25) is 0 Å². The van der Waals surface area contributed by atoms with Gasteiger partial charge in [0.25, 0.3) is 0 Å². The summed E-state index contributed by atoms with van der Waals surface area (Å²) in [5, 5.41) is 19.9. The van der Waals surface area contributed by atoms with Gasteiger partial charge in [0, 0.05) is 24.0 Å². The first-order valence-corrected chi connectivity index (χ1v) is 11.0. The largest absolute Gasteiger partial charge is 0.369 e. The van der Waals surface area contributed by atoms with E-state index in [9.17, 15) is 13.9 Å². The van der Waals surface area contributed by atoms with Crippen molar-refractivity contribution in [2.45, 2.75) is 37.4 Å². The number of nitrogens with two attached hydrogens (primary N) is 1. The Labute approximate surface area is 186 Å². The van der Waals surface area contributed by atoms with E-state index in [2.05, 4.69) is 15.4 Å². The van der Waals surface area contributed by atoms with Crippen LogP contribution in [-0.2, 0) is 11.8 Å².